The topological polar surface area (TPSA) is 60.4 Å². The lowest BCUT2D eigenvalue weighted by atomic mass is 10.0. The number of hydrogen-bond acceptors (Lipinski definition) is 4. The summed E-state index contributed by atoms with van der Waals surface area (Å²) >= 11 is 0. The Labute approximate surface area is 69.2 Å². The van der Waals surface area contributed by atoms with Crippen LogP contribution in [0.1, 0.15) is 13.8 Å². The van der Waals surface area contributed by atoms with Gasteiger partial charge in [0, 0.05) is 0 Å². The van der Waals surface area contributed by atoms with Gasteiger partial charge in [-0.3, -0.25) is 9.59 Å². The molecule has 0 saturated carbocycles. The molecular formula is C8H8O4. The third kappa shape index (κ3) is 1.28. The van der Waals surface area contributed by atoms with Gasteiger partial charge in [0.2, 0.25) is 0 Å². The number of ketones is 2. The minimum atomic E-state index is -0.939. The average Bonchev–Trinajstić information content (AvgIpc) is 1.97. The van der Waals surface area contributed by atoms with E-state index in [4.69, 9.17) is 0 Å². The van der Waals surface area contributed by atoms with Crippen molar-refractivity contribution in [1.82, 2.24) is 0 Å². The molecule has 0 amide bonds. The van der Waals surface area contributed by atoms with Crippen LogP contribution in [-0.4, -0.2) is 24.1 Å². The van der Waals surface area contributed by atoms with E-state index in [1.807, 2.05) is 0 Å². The van der Waals surface area contributed by atoms with Crippen LogP contribution in [0.25, 0.3) is 0 Å². The molecule has 64 valence electrons. The predicted octanol–water partition coefficient (Wildman–Crippen LogP) is 0.0178. The first-order valence-corrected chi connectivity index (χ1v) is 3.46. The van der Waals surface area contributed by atoms with Crippen LogP contribution in [0.15, 0.2) is 11.1 Å². The zero-order chi connectivity index (χ0) is 9.30. The molecule has 1 aliphatic heterocycles. The molecule has 0 saturated heterocycles. The van der Waals surface area contributed by atoms with E-state index >= 15 is 0 Å². The number of hydrogen-bond donors (Lipinski definition) is 0. The summed E-state index contributed by atoms with van der Waals surface area (Å²) in [7, 11) is 0. The fraction of sp³-hybridized carbons (Fsp3) is 0.375. The van der Waals surface area contributed by atoms with Gasteiger partial charge in [-0.2, -0.15) is 0 Å². The van der Waals surface area contributed by atoms with Gasteiger partial charge in [-0.15, -0.1) is 0 Å². The van der Waals surface area contributed by atoms with Crippen molar-refractivity contribution in [3.63, 3.8) is 0 Å². The van der Waals surface area contributed by atoms with Crippen molar-refractivity contribution >= 4 is 17.5 Å². The maximum atomic E-state index is 11.0. The summed E-state index contributed by atoms with van der Waals surface area (Å²) in [5.74, 6) is -2.15. The Morgan fingerprint density at radius 3 is 2.42 bits per heavy atom. The van der Waals surface area contributed by atoms with Crippen LogP contribution < -0.4 is 0 Å². The number of Topliss-reactive ketones (excluding diaryl/α,β-unsaturated/α-hetero) is 2. The van der Waals surface area contributed by atoms with Crippen molar-refractivity contribution in [2.24, 2.45) is 0 Å². The predicted molar refractivity (Wildman–Crippen MR) is 39.3 cm³/mol. The molecular weight excluding hydrogens is 160 g/mol. The Hall–Kier alpha value is -1.45. The van der Waals surface area contributed by atoms with Gasteiger partial charge in [-0.1, -0.05) is 0 Å². The molecule has 1 heterocycles. The third-order valence-corrected chi connectivity index (χ3v) is 1.61. The number of esters is 1. The lowest BCUT2D eigenvalue weighted by molar-refractivity contribution is -0.153. The summed E-state index contributed by atoms with van der Waals surface area (Å²) in [6.07, 6.45) is 0. The second kappa shape index (κ2) is 2.89. The van der Waals surface area contributed by atoms with Crippen molar-refractivity contribution in [3.8, 4) is 0 Å². The normalized spacial score (nSPS) is 17.8. The first-order valence-electron chi connectivity index (χ1n) is 3.46. The van der Waals surface area contributed by atoms with Crippen LogP contribution in [0, 0.1) is 0 Å². The highest BCUT2D eigenvalue weighted by molar-refractivity contribution is 6.47. The molecule has 12 heavy (non-hydrogen) atoms. The van der Waals surface area contributed by atoms with Crippen LogP contribution in [0.4, 0.5) is 0 Å². The Kier molecular flexibility index (Phi) is 2.08. The summed E-state index contributed by atoms with van der Waals surface area (Å²) < 4.78 is 4.48. The molecule has 1 aliphatic rings. The molecule has 0 aliphatic carbocycles. The minimum absolute atomic E-state index is 0.0220. The largest absolute Gasteiger partial charge is 0.455 e. The summed E-state index contributed by atoms with van der Waals surface area (Å²) in [5, 5.41) is 0. The molecule has 0 spiro atoms. The molecule has 0 unspecified atom stereocenters. The average molecular weight is 168 g/mol. The Balaban J connectivity index is 3.14. The molecule has 0 aromatic heterocycles. The molecule has 0 fully saturated rings. The summed E-state index contributed by atoms with van der Waals surface area (Å²) in [6, 6.07) is 0. The van der Waals surface area contributed by atoms with Crippen LogP contribution in [0.3, 0.4) is 0 Å². The zero-order valence-corrected chi connectivity index (χ0v) is 6.84. The Bertz CT molecular complexity index is 298. The van der Waals surface area contributed by atoms with Gasteiger partial charge in [-0.05, 0) is 19.4 Å². The molecule has 4 heteroatoms. The zero-order valence-electron chi connectivity index (χ0n) is 6.84. The van der Waals surface area contributed by atoms with Gasteiger partial charge in [0.1, 0.15) is 6.61 Å². The maximum Gasteiger partial charge on any atom is 0.380 e. The van der Waals surface area contributed by atoms with E-state index < -0.39 is 11.8 Å². The van der Waals surface area contributed by atoms with Crippen molar-refractivity contribution in [2.75, 3.05) is 6.61 Å². The number of carbonyl (C=O) groups is 3. The van der Waals surface area contributed by atoms with Crippen molar-refractivity contribution in [2.45, 2.75) is 13.8 Å². The number of cyclic esters (lactones) is 1. The smallest absolute Gasteiger partial charge is 0.380 e. The molecule has 4 nitrogen and oxygen atoms in total. The maximum absolute atomic E-state index is 11.0. The number of carbonyl (C=O) groups excluding carboxylic acids is 3. The Morgan fingerprint density at radius 2 is 2.00 bits per heavy atom. The van der Waals surface area contributed by atoms with Crippen LogP contribution >= 0.6 is 0 Å². The highest BCUT2D eigenvalue weighted by Gasteiger charge is 2.30. The lowest BCUT2D eigenvalue weighted by Crippen LogP contribution is -2.29. The van der Waals surface area contributed by atoms with E-state index in [0.29, 0.717) is 5.57 Å². The fourth-order valence-electron chi connectivity index (χ4n) is 1.07. The summed E-state index contributed by atoms with van der Waals surface area (Å²) in [5.41, 5.74) is 0.498. The second-order valence-electron chi connectivity index (χ2n) is 2.62. The highest BCUT2D eigenvalue weighted by Crippen LogP contribution is 2.13. The Morgan fingerprint density at radius 1 is 1.42 bits per heavy atom. The van der Waals surface area contributed by atoms with E-state index in [1.54, 1.807) is 6.92 Å². The van der Waals surface area contributed by atoms with E-state index in [-0.39, 0.29) is 18.0 Å². The molecule has 0 aromatic rings. The molecule has 0 N–H and O–H groups in total. The van der Waals surface area contributed by atoms with Gasteiger partial charge < -0.3 is 4.74 Å². The van der Waals surface area contributed by atoms with Crippen molar-refractivity contribution in [3.05, 3.63) is 11.1 Å². The monoisotopic (exact) mass is 168 g/mol. The van der Waals surface area contributed by atoms with Gasteiger partial charge in [0.25, 0.3) is 5.78 Å². The van der Waals surface area contributed by atoms with Gasteiger partial charge >= 0.3 is 5.97 Å². The fourth-order valence-corrected chi connectivity index (χ4v) is 1.07. The minimum Gasteiger partial charge on any atom is -0.455 e. The second-order valence-corrected chi connectivity index (χ2v) is 2.62. The van der Waals surface area contributed by atoms with Crippen LogP contribution in [-0.2, 0) is 19.1 Å². The van der Waals surface area contributed by atoms with E-state index in [1.165, 1.54) is 6.92 Å². The molecule has 0 aromatic carbocycles. The molecule has 1 rings (SSSR count). The van der Waals surface area contributed by atoms with Crippen LogP contribution in [0.5, 0.6) is 0 Å². The van der Waals surface area contributed by atoms with E-state index in [2.05, 4.69) is 4.74 Å². The molecule has 0 atom stereocenters. The summed E-state index contributed by atoms with van der Waals surface area (Å²) in [6.45, 7) is 2.90. The van der Waals surface area contributed by atoms with Crippen molar-refractivity contribution < 1.29 is 19.1 Å². The van der Waals surface area contributed by atoms with Gasteiger partial charge in [0.15, 0.2) is 5.78 Å². The third-order valence-electron chi connectivity index (χ3n) is 1.61. The van der Waals surface area contributed by atoms with Crippen molar-refractivity contribution in [1.29, 1.82) is 0 Å². The number of rotatable bonds is 1. The quantitative estimate of drug-likeness (QED) is 0.314. The first-order chi connectivity index (χ1) is 5.54. The molecule has 0 radical (unpaired) electrons. The standard InChI is InChI=1S/C8H8O4/c1-4-3-12-8(11)7(10)6(4)5(2)9/h3H2,1-2H3. The molecule has 0 bridgehead atoms. The van der Waals surface area contributed by atoms with E-state index in [0.717, 1.165) is 0 Å². The van der Waals surface area contributed by atoms with E-state index in [9.17, 15) is 14.4 Å². The lowest BCUT2D eigenvalue weighted by Gasteiger charge is -2.13. The first kappa shape index (κ1) is 8.64. The van der Waals surface area contributed by atoms with Crippen LogP contribution in [0.2, 0.25) is 0 Å². The van der Waals surface area contributed by atoms with Gasteiger partial charge in [-0.25, -0.2) is 4.79 Å². The van der Waals surface area contributed by atoms with Gasteiger partial charge in [0.05, 0.1) is 5.57 Å². The highest BCUT2D eigenvalue weighted by atomic mass is 16.5. The summed E-state index contributed by atoms with van der Waals surface area (Å²) in [4.78, 5) is 32.6. The number of ether oxygens (including phenoxy) is 1. The SMILES string of the molecule is CC(=O)C1=C(C)COC(=O)C1=O.